The molecule has 0 aromatic carbocycles. The van der Waals surface area contributed by atoms with Gasteiger partial charge in [0.1, 0.15) is 0 Å². The van der Waals surface area contributed by atoms with E-state index in [1.807, 2.05) is 6.26 Å². The zero-order chi connectivity index (χ0) is 14.0. The van der Waals surface area contributed by atoms with Gasteiger partial charge in [0, 0.05) is 11.8 Å². The third kappa shape index (κ3) is 2.35. The smallest absolute Gasteiger partial charge is 0.410 e. The summed E-state index contributed by atoms with van der Waals surface area (Å²) >= 11 is 1.39. The van der Waals surface area contributed by atoms with Gasteiger partial charge in [-0.1, -0.05) is 11.8 Å². The maximum absolute atomic E-state index is 11.8. The van der Waals surface area contributed by atoms with E-state index in [9.17, 15) is 9.59 Å². The first kappa shape index (κ1) is 13.6. The fraction of sp³-hybridized carbons (Fsp3) is 0.455. The number of carbonyl (C=O) groups excluding carboxylic acids is 2. The van der Waals surface area contributed by atoms with Gasteiger partial charge in [-0.15, -0.1) is 0 Å². The molecule has 0 spiro atoms. The van der Waals surface area contributed by atoms with E-state index in [0.717, 1.165) is 0 Å². The predicted octanol–water partition coefficient (Wildman–Crippen LogP) is 0.995. The van der Waals surface area contributed by atoms with Gasteiger partial charge >= 0.3 is 12.1 Å². The molecule has 1 aromatic heterocycles. The second-order valence-electron chi connectivity index (χ2n) is 3.78. The molecule has 1 aliphatic rings. The number of nitrogens with zero attached hydrogens (tertiary/aromatic N) is 3. The van der Waals surface area contributed by atoms with Crippen LogP contribution >= 0.6 is 11.8 Å². The average molecular weight is 283 g/mol. The summed E-state index contributed by atoms with van der Waals surface area (Å²) in [7, 11) is 2.53. The van der Waals surface area contributed by atoms with Crippen molar-refractivity contribution in [2.75, 3.05) is 20.5 Å². The second kappa shape index (κ2) is 5.43. The Morgan fingerprint density at radius 1 is 1.42 bits per heavy atom. The van der Waals surface area contributed by atoms with Gasteiger partial charge in [0.05, 0.1) is 26.5 Å². The van der Waals surface area contributed by atoms with Gasteiger partial charge < -0.3 is 9.47 Å². The summed E-state index contributed by atoms with van der Waals surface area (Å²) in [5, 5.41) is 0.592. The summed E-state index contributed by atoms with van der Waals surface area (Å²) in [5.41, 5.74) is 1.22. The first-order valence-corrected chi connectivity index (χ1v) is 6.67. The number of fused-ring (bicyclic) bond motifs is 1. The first-order valence-electron chi connectivity index (χ1n) is 5.44. The van der Waals surface area contributed by atoms with E-state index in [1.165, 1.54) is 30.9 Å². The van der Waals surface area contributed by atoms with Crippen LogP contribution in [0.25, 0.3) is 0 Å². The molecule has 0 fully saturated rings. The van der Waals surface area contributed by atoms with Crippen molar-refractivity contribution in [1.82, 2.24) is 14.9 Å². The van der Waals surface area contributed by atoms with Crippen LogP contribution in [0, 0.1) is 0 Å². The third-order valence-electron chi connectivity index (χ3n) is 2.82. The van der Waals surface area contributed by atoms with Crippen LogP contribution in [0.1, 0.15) is 17.3 Å². The Labute approximate surface area is 114 Å². The lowest BCUT2D eigenvalue weighted by molar-refractivity contribution is -0.146. The van der Waals surface area contributed by atoms with Gasteiger partial charge in [-0.3, -0.25) is 4.90 Å². The van der Waals surface area contributed by atoms with Crippen molar-refractivity contribution in [3.8, 4) is 0 Å². The summed E-state index contributed by atoms with van der Waals surface area (Å²) < 4.78 is 9.40. The quantitative estimate of drug-likeness (QED) is 0.455. The van der Waals surface area contributed by atoms with Crippen LogP contribution < -0.4 is 0 Å². The van der Waals surface area contributed by atoms with E-state index in [1.54, 1.807) is 6.20 Å². The fourth-order valence-corrected chi connectivity index (χ4v) is 2.29. The zero-order valence-corrected chi connectivity index (χ0v) is 11.6. The minimum atomic E-state index is -0.844. The van der Waals surface area contributed by atoms with Crippen molar-refractivity contribution < 1.29 is 19.1 Å². The predicted molar refractivity (Wildman–Crippen MR) is 66.5 cm³/mol. The maximum atomic E-state index is 11.8. The average Bonchev–Trinajstić information content (AvgIpc) is 2.83. The minimum absolute atomic E-state index is 0.206. The number of methoxy groups -OCH3 is 2. The second-order valence-corrected chi connectivity index (χ2v) is 4.56. The number of rotatable bonds is 2. The lowest BCUT2D eigenvalue weighted by Gasteiger charge is -2.20. The van der Waals surface area contributed by atoms with Crippen molar-refractivity contribution in [2.24, 2.45) is 0 Å². The number of ether oxygens (including phenoxy) is 2. The van der Waals surface area contributed by atoms with Crippen molar-refractivity contribution >= 4 is 23.8 Å². The van der Waals surface area contributed by atoms with Crippen LogP contribution in [0.15, 0.2) is 11.4 Å². The maximum Gasteiger partial charge on any atom is 0.410 e. The summed E-state index contributed by atoms with van der Waals surface area (Å²) in [5.74, 6) is -0.537. The molecular weight excluding hydrogens is 270 g/mol. The highest BCUT2D eigenvalue weighted by atomic mass is 32.2. The molecular formula is C11H13N3O4S. The van der Waals surface area contributed by atoms with Gasteiger partial charge in [0.15, 0.2) is 11.2 Å². The highest BCUT2D eigenvalue weighted by Crippen LogP contribution is 2.34. The van der Waals surface area contributed by atoms with Crippen LogP contribution in [0.3, 0.4) is 0 Å². The number of thioether (sulfide) groups is 1. The molecule has 0 N–H and O–H groups in total. The molecule has 0 saturated heterocycles. The molecule has 1 amide bonds. The van der Waals surface area contributed by atoms with Crippen molar-refractivity contribution in [3.63, 3.8) is 0 Å². The Morgan fingerprint density at radius 3 is 2.74 bits per heavy atom. The molecule has 0 aliphatic carbocycles. The normalized spacial score (nSPS) is 17.0. The van der Waals surface area contributed by atoms with Crippen molar-refractivity contribution in [2.45, 2.75) is 17.7 Å². The number of hydrogen-bond acceptors (Lipinski definition) is 7. The van der Waals surface area contributed by atoms with E-state index in [2.05, 4.69) is 14.7 Å². The monoisotopic (exact) mass is 283 g/mol. The lowest BCUT2D eigenvalue weighted by Crippen LogP contribution is -2.34. The zero-order valence-electron chi connectivity index (χ0n) is 10.7. The fourth-order valence-electron chi connectivity index (χ4n) is 1.94. The molecule has 1 aromatic rings. The van der Waals surface area contributed by atoms with Crippen LogP contribution in [-0.2, 0) is 20.8 Å². The molecule has 1 aliphatic heterocycles. The van der Waals surface area contributed by atoms with Gasteiger partial charge in [0.2, 0.25) is 0 Å². The molecule has 0 radical (unpaired) electrons. The van der Waals surface area contributed by atoms with E-state index in [4.69, 9.17) is 4.74 Å². The standard InChI is InChI=1S/C11H13N3O4S/c1-17-9(15)8-6-4-12-10(19-3)13-7(6)5-14(8)11(16)18-2/h4,8H,5H2,1-3H3. The molecule has 0 bridgehead atoms. The number of carbonyl (C=O) groups is 2. The van der Waals surface area contributed by atoms with Crippen LogP contribution in [0.5, 0.6) is 0 Å². The number of hydrogen-bond donors (Lipinski definition) is 0. The van der Waals surface area contributed by atoms with E-state index in [0.29, 0.717) is 16.4 Å². The number of esters is 1. The van der Waals surface area contributed by atoms with E-state index >= 15 is 0 Å². The van der Waals surface area contributed by atoms with Gasteiger partial charge in [-0.05, 0) is 6.26 Å². The molecule has 2 rings (SSSR count). The number of aromatic nitrogens is 2. The van der Waals surface area contributed by atoms with Crippen molar-refractivity contribution in [3.05, 3.63) is 17.5 Å². The minimum Gasteiger partial charge on any atom is -0.467 e. The Morgan fingerprint density at radius 2 is 2.16 bits per heavy atom. The summed E-state index contributed by atoms with van der Waals surface area (Å²) in [6.45, 7) is 0.206. The highest BCUT2D eigenvalue weighted by molar-refractivity contribution is 7.98. The molecule has 8 heteroatoms. The van der Waals surface area contributed by atoms with Crippen LogP contribution in [0.4, 0.5) is 4.79 Å². The Balaban J connectivity index is 2.42. The molecule has 7 nitrogen and oxygen atoms in total. The molecule has 0 saturated carbocycles. The van der Waals surface area contributed by atoms with Crippen LogP contribution in [-0.4, -0.2) is 47.4 Å². The lowest BCUT2D eigenvalue weighted by atomic mass is 10.1. The summed E-state index contributed by atoms with van der Waals surface area (Å²) in [4.78, 5) is 33.2. The van der Waals surface area contributed by atoms with Gasteiger partial charge in [0.25, 0.3) is 0 Å². The summed E-state index contributed by atoms with van der Waals surface area (Å²) in [6, 6.07) is -0.844. The molecule has 2 heterocycles. The molecule has 1 unspecified atom stereocenters. The van der Waals surface area contributed by atoms with Crippen molar-refractivity contribution in [1.29, 1.82) is 0 Å². The van der Waals surface area contributed by atoms with Crippen LogP contribution in [0.2, 0.25) is 0 Å². The molecule has 102 valence electrons. The third-order valence-corrected chi connectivity index (χ3v) is 3.38. The van der Waals surface area contributed by atoms with Gasteiger partial charge in [-0.2, -0.15) is 0 Å². The highest BCUT2D eigenvalue weighted by Gasteiger charge is 2.41. The van der Waals surface area contributed by atoms with E-state index < -0.39 is 18.1 Å². The largest absolute Gasteiger partial charge is 0.467 e. The summed E-state index contributed by atoms with van der Waals surface area (Å²) in [6.07, 6.45) is 2.81. The topological polar surface area (TPSA) is 81.6 Å². The Kier molecular flexibility index (Phi) is 3.89. The van der Waals surface area contributed by atoms with Gasteiger partial charge in [-0.25, -0.2) is 19.6 Å². The first-order chi connectivity index (χ1) is 9.12. The Bertz CT molecular complexity index is 523. The van der Waals surface area contributed by atoms with E-state index in [-0.39, 0.29) is 6.54 Å². The Hall–Kier alpha value is -1.83. The number of amides is 1. The molecule has 1 atom stereocenters. The molecule has 19 heavy (non-hydrogen) atoms. The SMILES string of the molecule is COC(=O)C1c2cnc(SC)nc2CN1C(=O)OC.